The van der Waals surface area contributed by atoms with E-state index in [2.05, 4.69) is 5.32 Å². The van der Waals surface area contributed by atoms with Crippen molar-refractivity contribution in [3.8, 4) is 11.5 Å². The van der Waals surface area contributed by atoms with E-state index in [4.69, 9.17) is 9.47 Å². The van der Waals surface area contributed by atoms with Crippen LogP contribution in [0.1, 0.15) is 29.8 Å². The summed E-state index contributed by atoms with van der Waals surface area (Å²) in [6, 6.07) is 13.4. The first kappa shape index (κ1) is 19.1. The summed E-state index contributed by atoms with van der Waals surface area (Å²) in [6.07, 6.45) is 1.34. The molecule has 0 radical (unpaired) electrons. The lowest BCUT2D eigenvalue weighted by Gasteiger charge is -2.14. The number of hydrogen-bond donors (Lipinski definition) is 2. The minimum atomic E-state index is -1.24. The van der Waals surface area contributed by atoms with Gasteiger partial charge in [0.15, 0.2) is 11.5 Å². The minimum Gasteiger partial charge on any atom is -0.493 e. The van der Waals surface area contributed by atoms with E-state index in [0.717, 1.165) is 0 Å². The maximum Gasteiger partial charge on any atom is 0.352 e. The first-order chi connectivity index (χ1) is 12.4. The molecule has 0 atom stereocenters. The number of carbonyl (C=O) groups excluding carboxylic acids is 1. The van der Waals surface area contributed by atoms with Crippen molar-refractivity contribution in [3.05, 3.63) is 65.4 Å². The number of carboxylic acid groups (broad SMARTS) is 1. The second-order valence-electron chi connectivity index (χ2n) is 5.76. The summed E-state index contributed by atoms with van der Waals surface area (Å²) in [4.78, 5) is 23.7. The second-order valence-corrected chi connectivity index (χ2v) is 5.76. The fourth-order valence-electron chi connectivity index (χ4n) is 2.23. The van der Waals surface area contributed by atoms with Gasteiger partial charge in [-0.3, -0.25) is 4.79 Å². The van der Waals surface area contributed by atoms with Crippen LogP contribution in [0.25, 0.3) is 6.08 Å². The third kappa shape index (κ3) is 5.11. The Morgan fingerprint density at radius 1 is 1.08 bits per heavy atom. The maximum atomic E-state index is 12.2. The molecule has 0 aliphatic carbocycles. The highest BCUT2D eigenvalue weighted by Crippen LogP contribution is 2.29. The van der Waals surface area contributed by atoms with Gasteiger partial charge in [-0.25, -0.2) is 4.79 Å². The van der Waals surface area contributed by atoms with Gasteiger partial charge >= 0.3 is 5.97 Å². The largest absolute Gasteiger partial charge is 0.493 e. The number of rotatable bonds is 7. The summed E-state index contributed by atoms with van der Waals surface area (Å²) in [7, 11) is 1.51. The monoisotopic (exact) mass is 355 g/mol. The van der Waals surface area contributed by atoms with Crippen LogP contribution < -0.4 is 14.8 Å². The molecular weight excluding hydrogens is 334 g/mol. The van der Waals surface area contributed by atoms with Crippen LogP contribution in [0.4, 0.5) is 0 Å². The highest BCUT2D eigenvalue weighted by Gasteiger charge is 2.14. The molecule has 26 heavy (non-hydrogen) atoms. The summed E-state index contributed by atoms with van der Waals surface area (Å²) < 4.78 is 10.9. The van der Waals surface area contributed by atoms with Gasteiger partial charge in [-0.05, 0) is 49.8 Å². The Morgan fingerprint density at radius 2 is 1.77 bits per heavy atom. The molecular formula is C20H21NO5. The molecule has 136 valence electrons. The fraction of sp³-hybridized carbons (Fsp3) is 0.200. The van der Waals surface area contributed by atoms with Crippen LogP contribution in [0.5, 0.6) is 11.5 Å². The molecule has 6 nitrogen and oxygen atoms in total. The van der Waals surface area contributed by atoms with Crippen molar-refractivity contribution in [2.45, 2.75) is 20.0 Å². The van der Waals surface area contributed by atoms with Gasteiger partial charge in [0.1, 0.15) is 5.70 Å². The molecule has 0 heterocycles. The third-order valence-electron chi connectivity index (χ3n) is 3.38. The van der Waals surface area contributed by atoms with Gasteiger partial charge in [0, 0.05) is 5.56 Å². The van der Waals surface area contributed by atoms with Crippen LogP contribution in [0.2, 0.25) is 0 Å². The quantitative estimate of drug-likeness (QED) is 0.744. The minimum absolute atomic E-state index is 0.0231. The molecule has 2 aromatic carbocycles. The van der Waals surface area contributed by atoms with Gasteiger partial charge in [-0.15, -0.1) is 0 Å². The van der Waals surface area contributed by atoms with Gasteiger partial charge in [-0.2, -0.15) is 0 Å². The maximum absolute atomic E-state index is 12.2. The van der Waals surface area contributed by atoms with Crippen molar-refractivity contribution >= 4 is 18.0 Å². The molecule has 0 aromatic heterocycles. The van der Waals surface area contributed by atoms with Crippen molar-refractivity contribution < 1.29 is 24.2 Å². The van der Waals surface area contributed by atoms with Crippen molar-refractivity contribution in [1.29, 1.82) is 0 Å². The van der Waals surface area contributed by atoms with Crippen LogP contribution in [0.15, 0.2) is 54.2 Å². The van der Waals surface area contributed by atoms with Crippen molar-refractivity contribution in [2.75, 3.05) is 7.11 Å². The van der Waals surface area contributed by atoms with Gasteiger partial charge in [0.25, 0.3) is 5.91 Å². The number of amides is 1. The predicted molar refractivity (Wildman–Crippen MR) is 98.3 cm³/mol. The first-order valence-corrected chi connectivity index (χ1v) is 8.06. The number of methoxy groups -OCH3 is 1. The van der Waals surface area contributed by atoms with Gasteiger partial charge < -0.3 is 19.9 Å². The lowest BCUT2D eigenvalue weighted by Crippen LogP contribution is -2.27. The van der Waals surface area contributed by atoms with E-state index in [0.29, 0.717) is 22.6 Å². The Morgan fingerprint density at radius 3 is 2.35 bits per heavy atom. The van der Waals surface area contributed by atoms with E-state index in [-0.39, 0.29) is 11.8 Å². The van der Waals surface area contributed by atoms with Crippen LogP contribution in [0.3, 0.4) is 0 Å². The molecule has 2 aromatic rings. The normalized spacial score (nSPS) is 11.2. The molecule has 0 aliphatic rings. The van der Waals surface area contributed by atoms with Gasteiger partial charge in [0.2, 0.25) is 0 Å². The number of nitrogens with one attached hydrogen (secondary N) is 1. The van der Waals surface area contributed by atoms with E-state index in [1.54, 1.807) is 48.5 Å². The Balaban J connectivity index is 2.28. The highest BCUT2D eigenvalue weighted by atomic mass is 16.5. The fourth-order valence-corrected chi connectivity index (χ4v) is 2.23. The van der Waals surface area contributed by atoms with Crippen LogP contribution in [0, 0.1) is 0 Å². The van der Waals surface area contributed by atoms with Crippen LogP contribution >= 0.6 is 0 Å². The van der Waals surface area contributed by atoms with E-state index < -0.39 is 11.9 Å². The molecule has 0 saturated carbocycles. The Bertz CT molecular complexity index is 812. The van der Waals surface area contributed by atoms with E-state index in [1.807, 2.05) is 13.8 Å². The Hall–Kier alpha value is -3.28. The molecule has 2 rings (SSSR count). The standard InChI is InChI=1S/C20H21NO5/c1-13(2)26-17-10-9-14(12-18(17)25-3)11-16(20(23)24)21-19(22)15-7-5-4-6-8-15/h4-13H,1-3H3,(H,21,22)(H,23,24)/b16-11+. The topological polar surface area (TPSA) is 84.9 Å². The zero-order chi connectivity index (χ0) is 19.1. The molecule has 0 saturated heterocycles. The third-order valence-corrected chi connectivity index (χ3v) is 3.38. The molecule has 0 spiro atoms. The summed E-state index contributed by atoms with van der Waals surface area (Å²) in [6.45, 7) is 3.80. The van der Waals surface area contributed by atoms with Crippen molar-refractivity contribution in [3.63, 3.8) is 0 Å². The average molecular weight is 355 g/mol. The highest BCUT2D eigenvalue weighted by molar-refractivity contribution is 6.02. The SMILES string of the molecule is COc1cc(/C=C(/NC(=O)c2ccccc2)C(=O)O)ccc1OC(C)C. The van der Waals surface area contributed by atoms with E-state index >= 15 is 0 Å². The molecule has 0 aliphatic heterocycles. The summed E-state index contributed by atoms with van der Waals surface area (Å²) in [5.74, 6) is -0.696. The molecule has 0 unspecified atom stereocenters. The van der Waals surface area contributed by atoms with Crippen LogP contribution in [-0.4, -0.2) is 30.2 Å². The van der Waals surface area contributed by atoms with Gasteiger partial charge in [-0.1, -0.05) is 24.3 Å². The second kappa shape index (κ2) is 8.71. The average Bonchev–Trinajstić information content (AvgIpc) is 2.62. The number of carboxylic acids is 1. The number of carbonyl (C=O) groups is 2. The molecule has 0 fully saturated rings. The van der Waals surface area contributed by atoms with Crippen LogP contribution in [-0.2, 0) is 4.79 Å². The number of ether oxygens (including phenoxy) is 2. The molecule has 1 amide bonds. The zero-order valence-electron chi connectivity index (χ0n) is 14.9. The zero-order valence-corrected chi connectivity index (χ0v) is 14.9. The number of aliphatic carboxylic acids is 1. The first-order valence-electron chi connectivity index (χ1n) is 8.06. The number of hydrogen-bond acceptors (Lipinski definition) is 4. The van der Waals surface area contributed by atoms with Crippen molar-refractivity contribution in [1.82, 2.24) is 5.32 Å². The number of benzene rings is 2. The molecule has 2 N–H and O–H groups in total. The van der Waals surface area contributed by atoms with Gasteiger partial charge in [0.05, 0.1) is 13.2 Å². The summed E-state index contributed by atoms with van der Waals surface area (Å²) in [5.41, 5.74) is 0.695. The predicted octanol–water partition coefficient (Wildman–Crippen LogP) is 3.34. The molecule has 6 heteroatoms. The lowest BCUT2D eigenvalue weighted by atomic mass is 10.1. The van der Waals surface area contributed by atoms with E-state index in [9.17, 15) is 14.7 Å². The Kier molecular flexibility index (Phi) is 6.38. The molecule has 0 bridgehead atoms. The van der Waals surface area contributed by atoms with Crippen molar-refractivity contribution in [2.24, 2.45) is 0 Å². The lowest BCUT2D eigenvalue weighted by molar-refractivity contribution is -0.132. The summed E-state index contributed by atoms with van der Waals surface area (Å²) in [5, 5.41) is 11.8. The summed E-state index contributed by atoms with van der Waals surface area (Å²) >= 11 is 0. The van der Waals surface area contributed by atoms with E-state index in [1.165, 1.54) is 13.2 Å². The smallest absolute Gasteiger partial charge is 0.352 e. The Labute approximate surface area is 152 Å².